The highest BCUT2D eigenvalue weighted by atomic mass is 16.9. The molecule has 2 N–H and O–H groups in total. The Bertz CT molecular complexity index is 885. The van der Waals surface area contributed by atoms with Gasteiger partial charge in [0.05, 0.1) is 5.41 Å². The van der Waals surface area contributed by atoms with E-state index >= 15 is 0 Å². The van der Waals surface area contributed by atoms with Crippen LogP contribution in [0.5, 0.6) is 11.5 Å². The van der Waals surface area contributed by atoms with Crippen molar-refractivity contribution < 1.29 is 24.5 Å². The average Bonchev–Trinajstić information content (AvgIpc) is 2.71. The number of phenols is 2. The van der Waals surface area contributed by atoms with Gasteiger partial charge in [-0.2, -0.15) is 0 Å². The Hall–Kier alpha value is -2.69. The SMILES string of the molecule is CCCc1cc(C2(c3ccc(O)c(CCC)c3)CCCCC23OC(=O)O3)ccc1O. The summed E-state index contributed by atoms with van der Waals surface area (Å²) in [4.78, 5) is 11.8. The van der Waals surface area contributed by atoms with Crippen LogP contribution >= 0.6 is 0 Å². The van der Waals surface area contributed by atoms with Gasteiger partial charge in [0.2, 0.25) is 0 Å². The second-order valence-corrected chi connectivity index (χ2v) is 8.51. The first-order chi connectivity index (χ1) is 14.5. The van der Waals surface area contributed by atoms with Crippen molar-refractivity contribution in [2.75, 3.05) is 0 Å². The van der Waals surface area contributed by atoms with E-state index in [0.29, 0.717) is 6.42 Å². The maximum Gasteiger partial charge on any atom is 0.515 e. The van der Waals surface area contributed by atoms with Crippen molar-refractivity contribution in [2.24, 2.45) is 0 Å². The molecule has 2 aromatic rings. The van der Waals surface area contributed by atoms with Crippen molar-refractivity contribution in [2.45, 2.75) is 76.4 Å². The van der Waals surface area contributed by atoms with Gasteiger partial charge >= 0.3 is 6.16 Å². The van der Waals surface area contributed by atoms with E-state index in [1.807, 2.05) is 24.3 Å². The lowest BCUT2D eigenvalue weighted by Gasteiger charge is -2.55. The van der Waals surface area contributed by atoms with Crippen LogP contribution in [0.3, 0.4) is 0 Å². The molecule has 1 aliphatic heterocycles. The van der Waals surface area contributed by atoms with Crippen LogP contribution in [0.1, 0.15) is 74.6 Å². The van der Waals surface area contributed by atoms with E-state index in [-0.39, 0.29) is 11.5 Å². The van der Waals surface area contributed by atoms with Crippen molar-refractivity contribution in [3.8, 4) is 11.5 Å². The number of carbonyl (C=O) groups is 1. The van der Waals surface area contributed by atoms with Crippen molar-refractivity contribution in [1.29, 1.82) is 0 Å². The fraction of sp³-hybridized carbons (Fsp3) is 0.480. The van der Waals surface area contributed by atoms with Gasteiger partial charge < -0.3 is 19.7 Å². The summed E-state index contributed by atoms with van der Waals surface area (Å²) in [6, 6.07) is 11.4. The summed E-state index contributed by atoms with van der Waals surface area (Å²) < 4.78 is 11.5. The molecule has 1 heterocycles. The quantitative estimate of drug-likeness (QED) is 0.595. The highest BCUT2D eigenvalue weighted by Crippen LogP contribution is 2.57. The molecule has 1 aliphatic carbocycles. The average molecular weight is 411 g/mol. The van der Waals surface area contributed by atoms with Gasteiger partial charge in [-0.15, -0.1) is 0 Å². The Labute approximate surface area is 177 Å². The maximum absolute atomic E-state index is 11.8. The van der Waals surface area contributed by atoms with Crippen LogP contribution in [0.4, 0.5) is 4.79 Å². The van der Waals surface area contributed by atoms with Gasteiger partial charge in [-0.3, -0.25) is 0 Å². The van der Waals surface area contributed by atoms with Crippen LogP contribution in [0.15, 0.2) is 36.4 Å². The van der Waals surface area contributed by atoms with Crippen LogP contribution in [0.25, 0.3) is 0 Å². The minimum atomic E-state index is -1.05. The lowest BCUT2D eigenvalue weighted by atomic mass is 9.60. The number of rotatable bonds is 6. The first-order valence-corrected chi connectivity index (χ1v) is 11.0. The van der Waals surface area contributed by atoms with Crippen molar-refractivity contribution >= 4 is 6.16 Å². The highest BCUT2D eigenvalue weighted by molar-refractivity contribution is 5.68. The number of benzene rings is 2. The van der Waals surface area contributed by atoms with Gasteiger partial charge in [0.15, 0.2) is 0 Å². The van der Waals surface area contributed by atoms with Crippen LogP contribution < -0.4 is 0 Å². The van der Waals surface area contributed by atoms with E-state index in [1.165, 1.54) is 0 Å². The molecule has 0 bridgehead atoms. The zero-order valence-electron chi connectivity index (χ0n) is 17.7. The molecular weight excluding hydrogens is 380 g/mol. The molecule has 5 heteroatoms. The van der Waals surface area contributed by atoms with E-state index < -0.39 is 17.4 Å². The summed E-state index contributed by atoms with van der Waals surface area (Å²) in [6.07, 6.45) is 5.98. The lowest BCUT2D eigenvalue weighted by molar-refractivity contribution is -0.312. The normalized spacial score (nSPS) is 19.1. The van der Waals surface area contributed by atoms with Crippen molar-refractivity contribution in [3.05, 3.63) is 58.7 Å². The molecule has 1 saturated heterocycles. The third-order valence-corrected chi connectivity index (χ3v) is 6.64. The third-order valence-electron chi connectivity index (χ3n) is 6.64. The smallest absolute Gasteiger partial charge is 0.508 e. The lowest BCUT2D eigenvalue weighted by Crippen LogP contribution is -2.65. The van der Waals surface area contributed by atoms with Crippen LogP contribution in [0, 0.1) is 0 Å². The molecule has 0 aromatic heterocycles. The van der Waals surface area contributed by atoms with Gasteiger partial charge in [-0.1, -0.05) is 57.4 Å². The van der Waals surface area contributed by atoms with E-state index in [2.05, 4.69) is 13.8 Å². The number of hydrogen-bond donors (Lipinski definition) is 2. The molecule has 4 rings (SSSR count). The van der Waals surface area contributed by atoms with Gasteiger partial charge in [-0.05, 0) is 60.1 Å². The second-order valence-electron chi connectivity index (χ2n) is 8.51. The Kier molecular flexibility index (Phi) is 5.39. The Balaban J connectivity index is 1.94. The van der Waals surface area contributed by atoms with Gasteiger partial charge in [-0.25, -0.2) is 4.79 Å². The molecule has 0 amide bonds. The van der Waals surface area contributed by atoms with E-state index in [0.717, 1.165) is 67.2 Å². The summed E-state index contributed by atoms with van der Waals surface area (Å²) >= 11 is 0. The summed E-state index contributed by atoms with van der Waals surface area (Å²) in [6.45, 7) is 4.16. The fourth-order valence-electron chi connectivity index (χ4n) is 5.24. The van der Waals surface area contributed by atoms with Gasteiger partial charge in [0.1, 0.15) is 11.5 Å². The molecule has 0 unspecified atom stereocenters. The number of aromatic hydroxyl groups is 2. The zero-order chi connectivity index (χ0) is 21.4. The molecule has 2 aliphatic rings. The summed E-state index contributed by atoms with van der Waals surface area (Å²) in [5, 5.41) is 20.7. The number of aryl methyl sites for hydroxylation is 2. The molecule has 1 spiro atoms. The van der Waals surface area contributed by atoms with E-state index in [1.54, 1.807) is 12.1 Å². The fourth-order valence-corrected chi connectivity index (χ4v) is 5.24. The first-order valence-electron chi connectivity index (χ1n) is 11.0. The second kappa shape index (κ2) is 7.86. The first kappa shape index (κ1) is 20.6. The summed E-state index contributed by atoms with van der Waals surface area (Å²) in [5.74, 6) is -0.488. The minimum absolute atomic E-state index is 0.282. The molecule has 5 nitrogen and oxygen atoms in total. The molecule has 1 saturated carbocycles. The Morgan fingerprint density at radius 1 is 0.833 bits per heavy atom. The predicted molar refractivity (Wildman–Crippen MR) is 114 cm³/mol. The molecule has 2 fully saturated rings. The molecule has 0 radical (unpaired) electrons. The molecule has 30 heavy (non-hydrogen) atoms. The van der Waals surface area contributed by atoms with Crippen LogP contribution in [-0.4, -0.2) is 22.2 Å². The monoisotopic (exact) mass is 410 g/mol. The number of phenolic OH excluding ortho intramolecular Hbond substituents is 2. The largest absolute Gasteiger partial charge is 0.515 e. The highest BCUT2D eigenvalue weighted by Gasteiger charge is 2.66. The minimum Gasteiger partial charge on any atom is -0.508 e. The Morgan fingerprint density at radius 2 is 1.33 bits per heavy atom. The summed E-state index contributed by atoms with van der Waals surface area (Å²) in [5.41, 5.74) is 3.03. The number of ether oxygens (including phenoxy) is 2. The van der Waals surface area contributed by atoms with Crippen molar-refractivity contribution in [3.63, 3.8) is 0 Å². The van der Waals surface area contributed by atoms with E-state index in [4.69, 9.17) is 9.47 Å². The number of carbonyl (C=O) groups excluding carboxylic acids is 1. The molecule has 2 aromatic carbocycles. The zero-order valence-corrected chi connectivity index (χ0v) is 17.7. The standard InChI is InChI=1S/C25H30O5/c1-3-7-17-15-19(9-11-21(17)26)24(13-5-6-14-25(24)29-23(28)30-25)20-10-12-22(27)18(16-20)8-4-2/h9-12,15-16,26-27H,3-8,13-14H2,1-2H3. The molecule has 160 valence electrons. The summed E-state index contributed by atoms with van der Waals surface area (Å²) in [7, 11) is 0. The Morgan fingerprint density at radius 3 is 1.80 bits per heavy atom. The van der Waals surface area contributed by atoms with Crippen LogP contribution in [0.2, 0.25) is 0 Å². The van der Waals surface area contributed by atoms with Gasteiger partial charge in [0.25, 0.3) is 5.79 Å². The van der Waals surface area contributed by atoms with Gasteiger partial charge in [0, 0.05) is 6.42 Å². The number of hydrogen-bond acceptors (Lipinski definition) is 5. The topological polar surface area (TPSA) is 76.0 Å². The van der Waals surface area contributed by atoms with E-state index in [9.17, 15) is 15.0 Å². The molecule has 0 atom stereocenters. The maximum atomic E-state index is 11.8. The predicted octanol–water partition coefficient (Wildman–Crippen LogP) is 5.73. The van der Waals surface area contributed by atoms with Crippen molar-refractivity contribution in [1.82, 2.24) is 0 Å². The molecular formula is C25H30O5. The van der Waals surface area contributed by atoms with Crippen LogP contribution in [-0.2, 0) is 27.7 Å². The third kappa shape index (κ3) is 3.11.